The number of carboxylic acids is 1. The van der Waals surface area contributed by atoms with E-state index in [0.29, 0.717) is 24.5 Å². The molecule has 1 rings (SSSR count). The highest BCUT2D eigenvalue weighted by Gasteiger charge is 2.30. The molecule has 0 aliphatic carbocycles. The van der Waals surface area contributed by atoms with Crippen LogP contribution >= 0.6 is 12.6 Å². The van der Waals surface area contributed by atoms with E-state index in [4.69, 9.17) is 5.11 Å². The Morgan fingerprint density at radius 1 is 1.46 bits per heavy atom. The lowest BCUT2D eigenvalue weighted by atomic mass is 10.1. The van der Waals surface area contributed by atoms with Crippen molar-refractivity contribution in [3.8, 4) is 0 Å². The van der Waals surface area contributed by atoms with E-state index < -0.39 is 17.1 Å². The van der Waals surface area contributed by atoms with E-state index in [0.717, 1.165) is 0 Å². The molecule has 3 N–H and O–H groups in total. The van der Waals surface area contributed by atoms with Crippen LogP contribution in [0.15, 0.2) is 10.2 Å². The molecule has 1 unspecified atom stereocenters. The minimum absolute atomic E-state index is 0.000426. The van der Waals surface area contributed by atoms with Gasteiger partial charge < -0.3 is 15.1 Å². The van der Waals surface area contributed by atoms with Gasteiger partial charge in [-0.15, -0.1) is 0 Å². The highest BCUT2D eigenvalue weighted by Crippen LogP contribution is 2.17. The summed E-state index contributed by atoms with van der Waals surface area (Å²) in [6.45, 7) is 5.61. The maximum Gasteiger partial charge on any atom is 0.303 e. The van der Waals surface area contributed by atoms with Gasteiger partial charge in [0.2, 0.25) is 12.3 Å². The van der Waals surface area contributed by atoms with Gasteiger partial charge in [0.25, 0.3) is 0 Å². The molecule has 1 amide bonds. The first kappa shape index (κ1) is 20.2. The lowest BCUT2D eigenvalue weighted by Crippen LogP contribution is -2.41. The number of carbonyl (C=O) groups excluding carboxylic acids is 1. The smallest absolute Gasteiger partial charge is 0.303 e. The van der Waals surface area contributed by atoms with Gasteiger partial charge in [0.1, 0.15) is 5.71 Å². The summed E-state index contributed by atoms with van der Waals surface area (Å²) >= 11 is 4.29. The first-order valence-electron chi connectivity index (χ1n) is 7.55. The monoisotopic (exact) mass is 359 g/mol. The molecule has 0 saturated heterocycles. The van der Waals surface area contributed by atoms with E-state index in [9.17, 15) is 14.7 Å². The topological polar surface area (TPSA) is 118 Å². The predicted molar refractivity (Wildman–Crippen MR) is 93.7 cm³/mol. The quantitative estimate of drug-likeness (QED) is 0.281. The van der Waals surface area contributed by atoms with Crippen LogP contribution in [0, 0.1) is 0 Å². The molecule has 0 spiro atoms. The van der Waals surface area contributed by atoms with Crippen LogP contribution in [-0.2, 0) is 9.59 Å². The number of aliphatic hydroxyl groups is 1. The second kappa shape index (κ2) is 8.34. The molecular weight excluding hydrogens is 334 g/mol. The molecule has 0 saturated carbocycles. The Hall–Kier alpha value is -1.81. The lowest BCUT2D eigenvalue weighted by Gasteiger charge is -2.23. The number of amides is 1. The maximum atomic E-state index is 11.8. The van der Waals surface area contributed by atoms with Crippen molar-refractivity contribution in [1.29, 1.82) is 0 Å². The third kappa shape index (κ3) is 6.36. The summed E-state index contributed by atoms with van der Waals surface area (Å²) in [6, 6.07) is 0. The molecular formula is C14H25N5O4S. The molecule has 1 aliphatic rings. The van der Waals surface area contributed by atoms with Crippen LogP contribution in [-0.4, -0.2) is 68.2 Å². The molecule has 1 atom stereocenters. The lowest BCUT2D eigenvalue weighted by molar-refractivity contribution is -0.137. The molecule has 0 bridgehead atoms. The van der Waals surface area contributed by atoms with Crippen LogP contribution in [0.2, 0.25) is 0 Å². The Labute approximate surface area is 146 Å². The molecule has 0 radical (unpaired) electrons. The minimum Gasteiger partial charge on any atom is -0.481 e. The zero-order chi connectivity index (χ0) is 18.5. The second-order valence-electron chi connectivity index (χ2n) is 6.26. The van der Waals surface area contributed by atoms with Crippen LogP contribution in [0.1, 0.15) is 40.0 Å². The summed E-state index contributed by atoms with van der Waals surface area (Å²) in [4.78, 5) is 23.8. The fraction of sp³-hybridized carbons (Fsp3) is 0.714. The normalized spacial score (nSPS) is 18.7. The number of thiol groups is 1. The van der Waals surface area contributed by atoms with Crippen molar-refractivity contribution < 1.29 is 19.8 Å². The average Bonchev–Trinajstić information content (AvgIpc) is 2.71. The van der Waals surface area contributed by atoms with Crippen LogP contribution in [0.4, 0.5) is 0 Å². The first-order valence-corrected chi connectivity index (χ1v) is 8.00. The second-order valence-corrected chi connectivity index (χ2v) is 7.47. The highest BCUT2D eigenvalue weighted by atomic mass is 32.1. The zero-order valence-electron chi connectivity index (χ0n) is 14.4. The molecule has 10 heteroatoms. The molecule has 1 aliphatic heterocycles. The largest absolute Gasteiger partial charge is 0.481 e. The summed E-state index contributed by atoms with van der Waals surface area (Å²) in [5, 5.41) is 28.4. The van der Waals surface area contributed by atoms with E-state index in [1.165, 1.54) is 9.91 Å². The Morgan fingerprint density at radius 2 is 2.08 bits per heavy atom. The van der Waals surface area contributed by atoms with Crippen molar-refractivity contribution in [2.45, 2.75) is 51.1 Å². The fourth-order valence-electron chi connectivity index (χ4n) is 2.07. The number of amidine groups is 1. The number of nitrogens with zero attached hydrogens (tertiary/aromatic N) is 4. The van der Waals surface area contributed by atoms with Gasteiger partial charge in [-0.2, -0.15) is 22.8 Å². The van der Waals surface area contributed by atoms with Crippen LogP contribution in [0.25, 0.3) is 0 Å². The van der Waals surface area contributed by atoms with Crippen molar-refractivity contribution in [1.82, 2.24) is 15.3 Å². The van der Waals surface area contributed by atoms with Crippen molar-refractivity contribution in [3.63, 3.8) is 0 Å². The number of hydrazone groups is 2. The molecule has 0 fully saturated rings. The number of hydrogen-bond donors (Lipinski definition) is 4. The fourth-order valence-corrected chi connectivity index (χ4v) is 2.21. The molecule has 24 heavy (non-hydrogen) atoms. The van der Waals surface area contributed by atoms with E-state index in [1.807, 2.05) is 13.8 Å². The maximum absolute atomic E-state index is 11.8. The Balaban J connectivity index is 2.67. The molecule has 0 aromatic rings. The van der Waals surface area contributed by atoms with Crippen LogP contribution < -0.4 is 5.43 Å². The van der Waals surface area contributed by atoms with Gasteiger partial charge in [-0.1, -0.05) is 13.8 Å². The summed E-state index contributed by atoms with van der Waals surface area (Å²) < 4.78 is -0.438. The van der Waals surface area contributed by atoms with Gasteiger partial charge in [0.15, 0.2) is 5.84 Å². The average molecular weight is 359 g/mol. The van der Waals surface area contributed by atoms with Gasteiger partial charge in [-0.3, -0.25) is 9.59 Å². The molecule has 1 heterocycles. The van der Waals surface area contributed by atoms with Crippen molar-refractivity contribution in [2.24, 2.45) is 10.2 Å². The standard InChI is InChI=1S/C14H25N5O4S/c1-9(15-16-10(20)8-14(2,3)24)12-17-19(13(23)18(12)4)7-5-6-11(21)22/h13,23-24H,5-8H2,1-4H3,(H,16,20)(H,21,22)/b15-9+. The van der Waals surface area contributed by atoms with E-state index in [1.54, 1.807) is 14.0 Å². The molecule has 136 valence electrons. The summed E-state index contributed by atoms with van der Waals surface area (Å²) in [7, 11) is 1.64. The molecule has 9 nitrogen and oxygen atoms in total. The Morgan fingerprint density at radius 3 is 2.62 bits per heavy atom. The van der Waals surface area contributed by atoms with Gasteiger partial charge >= 0.3 is 5.97 Å². The summed E-state index contributed by atoms with van der Waals surface area (Å²) in [5.41, 5.74) is 2.87. The van der Waals surface area contributed by atoms with Crippen molar-refractivity contribution in [2.75, 3.05) is 13.6 Å². The van der Waals surface area contributed by atoms with E-state index >= 15 is 0 Å². The van der Waals surface area contributed by atoms with Gasteiger partial charge in [0, 0.05) is 31.2 Å². The van der Waals surface area contributed by atoms with Gasteiger partial charge in [-0.05, 0) is 13.3 Å². The third-order valence-electron chi connectivity index (χ3n) is 3.21. The number of aliphatic carboxylic acids is 1. The van der Waals surface area contributed by atoms with Crippen molar-refractivity contribution in [3.05, 3.63) is 0 Å². The van der Waals surface area contributed by atoms with Crippen LogP contribution in [0.5, 0.6) is 0 Å². The first-order chi connectivity index (χ1) is 11.0. The summed E-state index contributed by atoms with van der Waals surface area (Å²) in [5.74, 6) is -0.758. The van der Waals surface area contributed by atoms with E-state index in [-0.39, 0.29) is 18.7 Å². The predicted octanol–water partition coefficient (Wildman–Crippen LogP) is 0.279. The summed E-state index contributed by atoms with van der Waals surface area (Å²) in [6.07, 6.45) is -0.424. The number of carbonyl (C=O) groups is 2. The molecule has 0 aromatic carbocycles. The molecule has 0 aromatic heterocycles. The number of carboxylic acid groups (broad SMARTS) is 1. The SMILES string of the molecule is C/C(=N\NC(=O)CC(C)(C)S)C1=NN(CCCC(=O)O)C(O)N1C. The third-order valence-corrected chi connectivity index (χ3v) is 3.37. The van der Waals surface area contributed by atoms with Crippen LogP contribution in [0.3, 0.4) is 0 Å². The highest BCUT2D eigenvalue weighted by molar-refractivity contribution is 7.81. The number of rotatable bonds is 8. The number of nitrogens with one attached hydrogen (secondary N) is 1. The van der Waals surface area contributed by atoms with E-state index in [2.05, 4.69) is 28.3 Å². The number of aliphatic hydroxyl groups excluding tert-OH is 1. The number of hydrogen-bond acceptors (Lipinski definition) is 8. The van der Waals surface area contributed by atoms with Crippen molar-refractivity contribution >= 4 is 36.1 Å². The Bertz CT molecular complexity index is 544. The van der Waals surface area contributed by atoms with Gasteiger partial charge in [-0.25, -0.2) is 10.4 Å². The minimum atomic E-state index is -0.994. The Kier molecular flexibility index (Phi) is 7.03. The zero-order valence-corrected chi connectivity index (χ0v) is 15.2. The van der Waals surface area contributed by atoms with Gasteiger partial charge in [0.05, 0.1) is 0 Å².